The number of ether oxygens (including phenoxy) is 1. The van der Waals surface area contributed by atoms with Crippen LogP contribution in [0, 0.1) is 5.82 Å². The Kier molecular flexibility index (Phi) is 4.04. The maximum Gasteiger partial charge on any atom is 0.123 e. The highest BCUT2D eigenvalue weighted by atomic mass is 32.2. The summed E-state index contributed by atoms with van der Waals surface area (Å²) in [5.74, 6) is 1.41. The number of benzene rings is 2. The van der Waals surface area contributed by atoms with E-state index in [1.807, 2.05) is 30.3 Å². The molecule has 0 aliphatic heterocycles. The maximum atomic E-state index is 13.0. The first-order chi connectivity index (χ1) is 8.28. The first-order valence-electron chi connectivity index (χ1n) is 5.29. The molecule has 0 saturated carbocycles. The Labute approximate surface area is 105 Å². The lowest BCUT2D eigenvalue weighted by Crippen LogP contribution is -1.84. The van der Waals surface area contributed by atoms with Crippen molar-refractivity contribution in [2.24, 2.45) is 0 Å². The third-order valence-electron chi connectivity index (χ3n) is 2.34. The van der Waals surface area contributed by atoms with Crippen LogP contribution in [0.4, 0.5) is 4.39 Å². The van der Waals surface area contributed by atoms with Crippen LogP contribution in [0.25, 0.3) is 0 Å². The first kappa shape index (κ1) is 12.0. The Bertz CT molecular complexity index is 499. The van der Waals surface area contributed by atoms with Crippen LogP contribution in [0.1, 0.15) is 5.56 Å². The standard InChI is InChI=1S/C14H13FOS/c1-16-13-6-3-7-14(9-13)17-10-11-4-2-5-12(15)8-11/h2-9H,10H2,1H3. The quantitative estimate of drug-likeness (QED) is 0.752. The van der Waals surface area contributed by atoms with Gasteiger partial charge in [0.05, 0.1) is 7.11 Å². The van der Waals surface area contributed by atoms with Gasteiger partial charge in [0.25, 0.3) is 0 Å². The van der Waals surface area contributed by atoms with E-state index in [2.05, 4.69) is 0 Å². The smallest absolute Gasteiger partial charge is 0.123 e. The van der Waals surface area contributed by atoms with Gasteiger partial charge in [-0.2, -0.15) is 0 Å². The van der Waals surface area contributed by atoms with Gasteiger partial charge < -0.3 is 4.74 Å². The molecular formula is C14H13FOS. The molecule has 88 valence electrons. The molecule has 0 atom stereocenters. The topological polar surface area (TPSA) is 9.23 Å². The van der Waals surface area contributed by atoms with Crippen LogP contribution in [0.2, 0.25) is 0 Å². The molecule has 2 aromatic rings. The summed E-state index contributed by atoms with van der Waals surface area (Å²) in [6, 6.07) is 14.5. The fourth-order valence-corrected chi connectivity index (χ4v) is 2.37. The van der Waals surface area contributed by atoms with E-state index in [1.54, 1.807) is 31.0 Å². The zero-order valence-corrected chi connectivity index (χ0v) is 10.3. The van der Waals surface area contributed by atoms with Crippen LogP contribution in [0.3, 0.4) is 0 Å². The molecule has 0 fully saturated rings. The minimum absolute atomic E-state index is 0.186. The van der Waals surface area contributed by atoms with Gasteiger partial charge in [-0.05, 0) is 35.9 Å². The SMILES string of the molecule is COc1cccc(SCc2cccc(F)c2)c1. The highest BCUT2D eigenvalue weighted by Gasteiger charge is 1.99. The third-order valence-corrected chi connectivity index (χ3v) is 3.40. The van der Waals surface area contributed by atoms with E-state index in [9.17, 15) is 4.39 Å². The van der Waals surface area contributed by atoms with Crippen LogP contribution < -0.4 is 4.74 Å². The molecule has 1 nitrogen and oxygen atoms in total. The number of rotatable bonds is 4. The fraction of sp³-hybridized carbons (Fsp3) is 0.143. The largest absolute Gasteiger partial charge is 0.497 e. The van der Waals surface area contributed by atoms with Gasteiger partial charge in [0.1, 0.15) is 11.6 Å². The number of hydrogen-bond donors (Lipinski definition) is 0. The second-order valence-electron chi connectivity index (χ2n) is 3.60. The van der Waals surface area contributed by atoms with E-state index < -0.39 is 0 Å². The van der Waals surface area contributed by atoms with Crippen LogP contribution in [0.5, 0.6) is 5.75 Å². The Hall–Kier alpha value is -1.48. The maximum absolute atomic E-state index is 13.0. The summed E-state index contributed by atoms with van der Waals surface area (Å²) in [6.45, 7) is 0. The van der Waals surface area contributed by atoms with Gasteiger partial charge in [-0.15, -0.1) is 11.8 Å². The number of methoxy groups -OCH3 is 1. The minimum atomic E-state index is -0.186. The van der Waals surface area contributed by atoms with Crippen molar-refractivity contribution in [1.29, 1.82) is 0 Å². The van der Waals surface area contributed by atoms with Gasteiger partial charge in [-0.25, -0.2) is 4.39 Å². The zero-order valence-electron chi connectivity index (χ0n) is 9.52. The average molecular weight is 248 g/mol. The molecule has 17 heavy (non-hydrogen) atoms. The van der Waals surface area contributed by atoms with Gasteiger partial charge in [0, 0.05) is 10.6 Å². The van der Waals surface area contributed by atoms with Crippen LogP contribution in [0.15, 0.2) is 53.4 Å². The molecule has 0 radical (unpaired) electrons. The van der Waals surface area contributed by atoms with Gasteiger partial charge in [-0.3, -0.25) is 0 Å². The van der Waals surface area contributed by atoms with Crippen molar-refractivity contribution in [3.8, 4) is 5.75 Å². The van der Waals surface area contributed by atoms with E-state index in [4.69, 9.17) is 4.74 Å². The number of thioether (sulfide) groups is 1. The lowest BCUT2D eigenvalue weighted by atomic mass is 10.2. The molecule has 0 amide bonds. The van der Waals surface area contributed by atoms with E-state index in [1.165, 1.54) is 6.07 Å². The monoisotopic (exact) mass is 248 g/mol. The Balaban J connectivity index is 2.02. The molecule has 0 aliphatic rings. The second-order valence-corrected chi connectivity index (χ2v) is 4.65. The molecule has 0 heterocycles. The van der Waals surface area contributed by atoms with Gasteiger partial charge in [-0.1, -0.05) is 18.2 Å². The van der Waals surface area contributed by atoms with E-state index in [-0.39, 0.29) is 5.82 Å². The molecule has 2 aromatic carbocycles. The molecule has 0 N–H and O–H groups in total. The highest BCUT2D eigenvalue weighted by molar-refractivity contribution is 7.98. The first-order valence-corrected chi connectivity index (χ1v) is 6.28. The third kappa shape index (κ3) is 3.49. The Morgan fingerprint density at radius 2 is 1.94 bits per heavy atom. The minimum Gasteiger partial charge on any atom is -0.497 e. The van der Waals surface area contributed by atoms with Crippen molar-refractivity contribution in [3.63, 3.8) is 0 Å². The summed E-state index contributed by atoms with van der Waals surface area (Å²) in [5.41, 5.74) is 0.984. The molecule has 0 aromatic heterocycles. The van der Waals surface area contributed by atoms with Crippen LogP contribution in [-0.4, -0.2) is 7.11 Å². The molecule has 0 aliphatic carbocycles. The molecule has 3 heteroatoms. The Morgan fingerprint density at radius 3 is 2.71 bits per heavy atom. The van der Waals surface area contributed by atoms with Crippen molar-refractivity contribution >= 4 is 11.8 Å². The summed E-state index contributed by atoms with van der Waals surface area (Å²) in [5, 5.41) is 0. The van der Waals surface area contributed by atoms with E-state index in [0.717, 1.165) is 22.0 Å². The van der Waals surface area contributed by atoms with Gasteiger partial charge >= 0.3 is 0 Å². The van der Waals surface area contributed by atoms with Crippen LogP contribution in [-0.2, 0) is 5.75 Å². The van der Waals surface area contributed by atoms with Crippen molar-refractivity contribution in [1.82, 2.24) is 0 Å². The molecule has 0 unspecified atom stereocenters. The van der Waals surface area contributed by atoms with E-state index in [0.29, 0.717) is 0 Å². The lowest BCUT2D eigenvalue weighted by molar-refractivity contribution is 0.413. The molecule has 0 spiro atoms. The fourth-order valence-electron chi connectivity index (χ4n) is 1.48. The molecule has 0 saturated heterocycles. The normalized spacial score (nSPS) is 10.2. The summed E-state index contributed by atoms with van der Waals surface area (Å²) < 4.78 is 18.1. The predicted octanol–water partition coefficient (Wildman–Crippen LogP) is 4.13. The Morgan fingerprint density at radius 1 is 1.12 bits per heavy atom. The summed E-state index contributed by atoms with van der Waals surface area (Å²) >= 11 is 1.67. The van der Waals surface area contributed by atoms with E-state index >= 15 is 0 Å². The van der Waals surface area contributed by atoms with Crippen molar-refractivity contribution in [2.75, 3.05) is 7.11 Å². The summed E-state index contributed by atoms with van der Waals surface area (Å²) in [4.78, 5) is 1.12. The van der Waals surface area contributed by atoms with Gasteiger partial charge in [0.15, 0.2) is 0 Å². The number of hydrogen-bond acceptors (Lipinski definition) is 2. The van der Waals surface area contributed by atoms with Crippen molar-refractivity contribution < 1.29 is 9.13 Å². The van der Waals surface area contributed by atoms with Crippen molar-refractivity contribution in [3.05, 3.63) is 59.9 Å². The predicted molar refractivity (Wildman–Crippen MR) is 69.0 cm³/mol. The second kappa shape index (κ2) is 5.73. The lowest BCUT2D eigenvalue weighted by Gasteiger charge is -2.04. The average Bonchev–Trinajstić information content (AvgIpc) is 2.37. The van der Waals surface area contributed by atoms with Crippen molar-refractivity contribution in [2.45, 2.75) is 10.6 Å². The summed E-state index contributed by atoms with van der Waals surface area (Å²) in [6.07, 6.45) is 0. The van der Waals surface area contributed by atoms with Crippen LogP contribution >= 0.6 is 11.8 Å². The summed E-state index contributed by atoms with van der Waals surface area (Å²) in [7, 11) is 1.65. The zero-order chi connectivity index (χ0) is 12.1. The molecular weight excluding hydrogens is 235 g/mol. The highest BCUT2D eigenvalue weighted by Crippen LogP contribution is 2.26. The number of halogens is 1. The molecule has 2 rings (SSSR count). The van der Waals surface area contributed by atoms with Gasteiger partial charge in [0.2, 0.25) is 0 Å². The molecule has 0 bridgehead atoms.